The van der Waals surface area contributed by atoms with Crippen LogP contribution >= 0.6 is 0 Å². The summed E-state index contributed by atoms with van der Waals surface area (Å²) in [5.74, 6) is 0.877. The maximum absolute atomic E-state index is 10.9. The van der Waals surface area contributed by atoms with Gasteiger partial charge in [-0.05, 0) is 18.4 Å². The SMILES string of the molecule is CCCCC1=C(CC)CC(=O)O1. The maximum atomic E-state index is 10.9. The molecule has 0 aromatic rings. The van der Waals surface area contributed by atoms with E-state index in [1.54, 1.807) is 0 Å². The lowest BCUT2D eigenvalue weighted by atomic mass is 10.1. The third kappa shape index (κ3) is 2.10. The highest BCUT2D eigenvalue weighted by atomic mass is 16.5. The van der Waals surface area contributed by atoms with E-state index < -0.39 is 0 Å². The Kier molecular flexibility index (Phi) is 3.32. The molecule has 1 heterocycles. The van der Waals surface area contributed by atoms with Crippen LogP contribution in [0.5, 0.6) is 0 Å². The lowest BCUT2D eigenvalue weighted by Crippen LogP contribution is -1.93. The highest BCUT2D eigenvalue weighted by Gasteiger charge is 2.21. The topological polar surface area (TPSA) is 26.3 Å². The summed E-state index contributed by atoms with van der Waals surface area (Å²) in [6.07, 6.45) is 4.68. The third-order valence-corrected chi connectivity index (χ3v) is 2.17. The van der Waals surface area contributed by atoms with E-state index in [0.29, 0.717) is 6.42 Å². The van der Waals surface area contributed by atoms with Gasteiger partial charge in [0.2, 0.25) is 0 Å². The number of cyclic esters (lactones) is 1. The van der Waals surface area contributed by atoms with E-state index in [0.717, 1.165) is 31.4 Å². The second-order valence-electron chi connectivity index (χ2n) is 3.13. The molecule has 2 heteroatoms. The van der Waals surface area contributed by atoms with Crippen molar-refractivity contribution in [3.05, 3.63) is 11.3 Å². The molecule has 0 radical (unpaired) electrons. The molecule has 12 heavy (non-hydrogen) atoms. The number of allylic oxidation sites excluding steroid dienone is 1. The summed E-state index contributed by atoms with van der Waals surface area (Å²) in [6.45, 7) is 4.21. The smallest absolute Gasteiger partial charge is 0.315 e. The first-order valence-electron chi connectivity index (χ1n) is 4.69. The average molecular weight is 168 g/mol. The largest absolute Gasteiger partial charge is 0.431 e. The van der Waals surface area contributed by atoms with Gasteiger partial charge in [-0.2, -0.15) is 0 Å². The molecule has 0 aliphatic carbocycles. The van der Waals surface area contributed by atoms with Crippen molar-refractivity contribution in [1.29, 1.82) is 0 Å². The van der Waals surface area contributed by atoms with Gasteiger partial charge in [0, 0.05) is 6.42 Å². The van der Waals surface area contributed by atoms with Crippen molar-refractivity contribution >= 4 is 5.97 Å². The lowest BCUT2D eigenvalue weighted by Gasteiger charge is -2.01. The van der Waals surface area contributed by atoms with Crippen LogP contribution in [0.3, 0.4) is 0 Å². The van der Waals surface area contributed by atoms with Crippen LogP contribution in [0.25, 0.3) is 0 Å². The second-order valence-corrected chi connectivity index (χ2v) is 3.13. The first-order valence-corrected chi connectivity index (χ1v) is 4.69. The first kappa shape index (κ1) is 9.30. The zero-order chi connectivity index (χ0) is 8.97. The van der Waals surface area contributed by atoms with Crippen LogP contribution in [-0.4, -0.2) is 5.97 Å². The fraction of sp³-hybridized carbons (Fsp3) is 0.700. The Morgan fingerprint density at radius 1 is 1.42 bits per heavy atom. The van der Waals surface area contributed by atoms with Crippen molar-refractivity contribution in [3.63, 3.8) is 0 Å². The van der Waals surface area contributed by atoms with Gasteiger partial charge in [0.1, 0.15) is 5.76 Å². The van der Waals surface area contributed by atoms with Crippen molar-refractivity contribution in [2.45, 2.75) is 46.0 Å². The molecular formula is C10H16O2. The van der Waals surface area contributed by atoms with E-state index in [1.165, 1.54) is 5.57 Å². The molecule has 0 saturated carbocycles. The summed E-state index contributed by atoms with van der Waals surface area (Å²) in [4.78, 5) is 10.9. The number of ether oxygens (including phenoxy) is 1. The fourth-order valence-electron chi connectivity index (χ4n) is 1.41. The molecule has 0 aromatic heterocycles. The lowest BCUT2D eigenvalue weighted by molar-refractivity contribution is -0.136. The van der Waals surface area contributed by atoms with E-state index in [9.17, 15) is 4.79 Å². The van der Waals surface area contributed by atoms with Crippen LogP contribution in [0.4, 0.5) is 0 Å². The predicted octanol–water partition coefficient (Wildman–Crippen LogP) is 2.79. The molecule has 0 amide bonds. The Morgan fingerprint density at radius 2 is 2.17 bits per heavy atom. The number of carbonyl (C=O) groups excluding carboxylic acids is 1. The van der Waals surface area contributed by atoms with Crippen LogP contribution in [0, 0.1) is 0 Å². The quantitative estimate of drug-likeness (QED) is 0.603. The van der Waals surface area contributed by atoms with E-state index in [4.69, 9.17) is 4.74 Å². The first-order chi connectivity index (χ1) is 5.77. The minimum atomic E-state index is -0.0713. The summed E-state index contributed by atoms with van der Waals surface area (Å²) in [5.41, 5.74) is 1.20. The average Bonchev–Trinajstić information content (AvgIpc) is 2.42. The molecule has 0 atom stereocenters. The zero-order valence-corrected chi connectivity index (χ0v) is 7.85. The number of esters is 1. The van der Waals surface area contributed by atoms with Crippen molar-refractivity contribution in [2.75, 3.05) is 0 Å². The monoisotopic (exact) mass is 168 g/mol. The van der Waals surface area contributed by atoms with Gasteiger partial charge < -0.3 is 4.74 Å². The van der Waals surface area contributed by atoms with Crippen molar-refractivity contribution in [2.24, 2.45) is 0 Å². The summed E-state index contributed by atoms with van der Waals surface area (Å²) < 4.78 is 5.11. The van der Waals surface area contributed by atoms with Gasteiger partial charge in [-0.3, -0.25) is 4.79 Å². The molecule has 1 aliphatic rings. The molecule has 0 unspecified atom stereocenters. The molecule has 2 nitrogen and oxygen atoms in total. The number of rotatable bonds is 4. The molecule has 0 spiro atoms. The normalized spacial score (nSPS) is 17.0. The summed E-state index contributed by atoms with van der Waals surface area (Å²) in [7, 11) is 0. The minimum Gasteiger partial charge on any atom is -0.431 e. The molecule has 0 bridgehead atoms. The molecule has 0 N–H and O–H groups in total. The van der Waals surface area contributed by atoms with E-state index in [-0.39, 0.29) is 5.97 Å². The Balaban J connectivity index is 2.52. The Labute approximate surface area is 73.6 Å². The van der Waals surface area contributed by atoms with Crippen LogP contribution in [0.2, 0.25) is 0 Å². The third-order valence-electron chi connectivity index (χ3n) is 2.17. The molecule has 0 aromatic carbocycles. The van der Waals surface area contributed by atoms with E-state index in [1.807, 2.05) is 0 Å². The summed E-state index contributed by atoms with van der Waals surface area (Å²) >= 11 is 0. The van der Waals surface area contributed by atoms with Gasteiger partial charge >= 0.3 is 5.97 Å². The van der Waals surface area contributed by atoms with Gasteiger partial charge in [0.25, 0.3) is 0 Å². The van der Waals surface area contributed by atoms with Gasteiger partial charge in [0.05, 0.1) is 6.42 Å². The van der Waals surface area contributed by atoms with Gasteiger partial charge in [-0.1, -0.05) is 20.3 Å². The minimum absolute atomic E-state index is 0.0713. The highest BCUT2D eigenvalue weighted by Crippen LogP contribution is 2.26. The summed E-state index contributed by atoms with van der Waals surface area (Å²) in [6, 6.07) is 0. The number of hydrogen-bond acceptors (Lipinski definition) is 2. The molecule has 1 aliphatic heterocycles. The Hall–Kier alpha value is -0.790. The molecular weight excluding hydrogens is 152 g/mol. The highest BCUT2D eigenvalue weighted by molar-refractivity contribution is 5.76. The number of unbranched alkanes of at least 4 members (excludes halogenated alkanes) is 1. The molecule has 0 saturated heterocycles. The number of carbonyl (C=O) groups is 1. The molecule has 1 rings (SSSR count). The summed E-state index contributed by atoms with van der Waals surface area (Å²) in [5, 5.41) is 0. The van der Waals surface area contributed by atoms with Gasteiger partial charge in [-0.15, -0.1) is 0 Å². The van der Waals surface area contributed by atoms with Crippen LogP contribution in [-0.2, 0) is 9.53 Å². The van der Waals surface area contributed by atoms with Gasteiger partial charge in [0.15, 0.2) is 0 Å². The molecule has 0 fully saturated rings. The second kappa shape index (κ2) is 4.29. The van der Waals surface area contributed by atoms with E-state index >= 15 is 0 Å². The molecule has 68 valence electrons. The van der Waals surface area contributed by atoms with Crippen molar-refractivity contribution in [1.82, 2.24) is 0 Å². The van der Waals surface area contributed by atoms with Crippen LogP contribution in [0.1, 0.15) is 46.0 Å². The van der Waals surface area contributed by atoms with Crippen molar-refractivity contribution in [3.8, 4) is 0 Å². The Bertz CT molecular complexity index is 204. The Morgan fingerprint density at radius 3 is 2.75 bits per heavy atom. The number of hydrogen-bond donors (Lipinski definition) is 0. The standard InChI is InChI=1S/C10H16O2/c1-3-5-6-9-8(4-2)7-10(11)12-9/h3-7H2,1-2H3. The van der Waals surface area contributed by atoms with Crippen LogP contribution < -0.4 is 0 Å². The fourth-order valence-corrected chi connectivity index (χ4v) is 1.41. The van der Waals surface area contributed by atoms with Gasteiger partial charge in [-0.25, -0.2) is 0 Å². The zero-order valence-electron chi connectivity index (χ0n) is 7.85. The predicted molar refractivity (Wildman–Crippen MR) is 47.6 cm³/mol. The maximum Gasteiger partial charge on any atom is 0.315 e. The van der Waals surface area contributed by atoms with Crippen molar-refractivity contribution < 1.29 is 9.53 Å². The van der Waals surface area contributed by atoms with Crippen LogP contribution in [0.15, 0.2) is 11.3 Å². The van der Waals surface area contributed by atoms with E-state index in [2.05, 4.69) is 13.8 Å².